The number of aromatic nitrogens is 3. The molecule has 0 bridgehead atoms. The maximum absolute atomic E-state index is 14.4. The van der Waals surface area contributed by atoms with E-state index < -0.39 is 0 Å². The summed E-state index contributed by atoms with van der Waals surface area (Å²) in [7, 11) is 3.53. The van der Waals surface area contributed by atoms with Crippen LogP contribution >= 0.6 is 0 Å². The number of hydrogen-bond donors (Lipinski definition) is 1. The first kappa shape index (κ1) is 17.1. The second-order valence-corrected chi connectivity index (χ2v) is 5.96. The largest absolute Gasteiger partial charge is 0.497 e. The van der Waals surface area contributed by atoms with Crippen molar-refractivity contribution in [2.75, 3.05) is 14.2 Å². The fourth-order valence-electron chi connectivity index (χ4n) is 2.74. The molecule has 6 heteroatoms. The summed E-state index contributed by atoms with van der Waals surface area (Å²) in [6, 6.07) is 10.8. The zero-order valence-electron chi connectivity index (χ0n) is 14.5. The molecule has 0 spiro atoms. The maximum atomic E-state index is 14.4. The Morgan fingerprint density at radius 2 is 2.12 bits per heavy atom. The van der Waals surface area contributed by atoms with Crippen molar-refractivity contribution >= 4 is 0 Å². The van der Waals surface area contributed by atoms with Crippen molar-refractivity contribution in [3.05, 3.63) is 65.9 Å². The van der Waals surface area contributed by atoms with E-state index in [2.05, 4.69) is 27.0 Å². The summed E-state index contributed by atoms with van der Waals surface area (Å²) >= 11 is 0. The Balaban J connectivity index is 1.82. The number of rotatable bonds is 6. The molecule has 0 radical (unpaired) electrons. The Hall–Kier alpha value is -2.73. The smallest absolute Gasteiger partial charge is 0.136 e. The fourth-order valence-corrected chi connectivity index (χ4v) is 2.74. The number of halogens is 1. The second kappa shape index (κ2) is 7.44. The van der Waals surface area contributed by atoms with Gasteiger partial charge >= 0.3 is 0 Å². The van der Waals surface area contributed by atoms with Crippen LogP contribution in [0.15, 0.2) is 48.8 Å². The van der Waals surface area contributed by atoms with Gasteiger partial charge in [0.05, 0.1) is 24.7 Å². The van der Waals surface area contributed by atoms with Gasteiger partial charge in [0.1, 0.15) is 11.6 Å². The highest BCUT2D eigenvalue weighted by atomic mass is 19.1. The van der Waals surface area contributed by atoms with Gasteiger partial charge in [0.15, 0.2) is 0 Å². The first-order chi connectivity index (χ1) is 12.1. The molecule has 130 valence electrons. The van der Waals surface area contributed by atoms with Gasteiger partial charge in [-0.15, -0.1) is 0 Å². The topological polar surface area (TPSA) is 54.0 Å². The predicted molar refractivity (Wildman–Crippen MR) is 94.7 cm³/mol. The minimum absolute atomic E-state index is 0.129. The quantitative estimate of drug-likeness (QED) is 0.741. The van der Waals surface area contributed by atoms with Gasteiger partial charge in [-0.05, 0) is 38.2 Å². The molecule has 5 nitrogen and oxygen atoms in total. The minimum atomic E-state index is -0.342. The molecule has 0 saturated carbocycles. The first-order valence-electron chi connectivity index (χ1n) is 8.07. The summed E-state index contributed by atoms with van der Waals surface area (Å²) in [6.45, 7) is 2.71. The van der Waals surface area contributed by atoms with Crippen LogP contribution < -0.4 is 4.74 Å². The van der Waals surface area contributed by atoms with Gasteiger partial charge in [0.2, 0.25) is 0 Å². The molecule has 3 aromatic rings. The monoisotopic (exact) mass is 340 g/mol. The van der Waals surface area contributed by atoms with E-state index >= 15 is 0 Å². The molecule has 0 saturated heterocycles. The van der Waals surface area contributed by atoms with Crippen LogP contribution in [0.1, 0.15) is 24.2 Å². The van der Waals surface area contributed by atoms with Crippen LogP contribution in [0.3, 0.4) is 0 Å². The molecular formula is C19H21FN4O. The van der Waals surface area contributed by atoms with Gasteiger partial charge in [-0.2, -0.15) is 5.10 Å². The van der Waals surface area contributed by atoms with Crippen LogP contribution in [0, 0.1) is 5.82 Å². The normalized spacial score (nSPS) is 12.4. The van der Waals surface area contributed by atoms with Crippen LogP contribution in [0.5, 0.6) is 5.75 Å². The van der Waals surface area contributed by atoms with E-state index in [1.54, 1.807) is 24.5 Å². The van der Waals surface area contributed by atoms with Crippen LogP contribution in [0.2, 0.25) is 0 Å². The number of hydrogen-bond acceptors (Lipinski definition) is 4. The average molecular weight is 340 g/mol. The number of nitrogens with one attached hydrogen (secondary N) is 1. The summed E-state index contributed by atoms with van der Waals surface area (Å²) in [4.78, 5) is 6.55. The van der Waals surface area contributed by atoms with E-state index in [0.29, 0.717) is 23.6 Å². The van der Waals surface area contributed by atoms with Crippen LogP contribution in [-0.4, -0.2) is 34.2 Å². The number of H-pyrrole nitrogens is 1. The third-order valence-electron chi connectivity index (χ3n) is 4.36. The van der Waals surface area contributed by atoms with Gasteiger partial charge in [-0.1, -0.05) is 6.07 Å². The summed E-state index contributed by atoms with van der Waals surface area (Å²) in [5.41, 5.74) is 3.08. The number of pyridine rings is 1. The lowest BCUT2D eigenvalue weighted by molar-refractivity contribution is 0.249. The molecule has 1 aromatic carbocycles. The fraction of sp³-hybridized carbons (Fsp3) is 0.263. The molecule has 0 aliphatic heterocycles. The van der Waals surface area contributed by atoms with E-state index in [4.69, 9.17) is 4.74 Å². The molecule has 0 fully saturated rings. The van der Waals surface area contributed by atoms with Crippen LogP contribution in [0.25, 0.3) is 11.3 Å². The Morgan fingerprint density at radius 3 is 2.80 bits per heavy atom. The lowest BCUT2D eigenvalue weighted by atomic mass is 10.1. The van der Waals surface area contributed by atoms with Gasteiger partial charge < -0.3 is 4.74 Å². The van der Waals surface area contributed by atoms with E-state index in [9.17, 15) is 4.39 Å². The molecular weight excluding hydrogens is 319 g/mol. The van der Waals surface area contributed by atoms with E-state index in [-0.39, 0.29) is 11.9 Å². The van der Waals surface area contributed by atoms with Gasteiger partial charge in [0.25, 0.3) is 0 Å². The van der Waals surface area contributed by atoms with E-state index in [0.717, 1.165) is 11.3 Å². The minimum Gasteiger partial charge on any atom is -0.497 e. The van der Waals surface area contributed by atoms with Crippen molar-refractivity contribution in [3.63, 3.8) is 0 Å². The third kappa shape index (κ3) is 3.69. The zero-order chi connectivity index (χ0) is 17.8. The first-order valence-corrected chi connectivity index (χ1v) is 8.07. The van der Waals surface area contributed by atoms with E-state index in [1.807, 2.05) is 25.2 Å². The van der Waals surface area contributed by atoms with Crippen molar-refractivity contribution < 1.29 is 9.13 Å². The number of benzene rings is 1. The Kier molecular flexibility index (Phi) is 5.09. The third-order valence-corrected chi connectivity index (χ3v) is 4.36. The lowest BCUT2D eigenvalue weighted by Crippen LogP contribution is -2.22. The number of methoxy groups -OCH3 is 1. The molecule has 2 aromatic heterocycles. The van der Waals surface area contributed by atoms with Crippen molar-refractivity contribution in [1.82, 2.24) is 20.1 Å². The lowest BCUT2D eigenvalue weighted by Gasteiger charge is -2.24. The molecule has 2 heterocycles. The molecule has 3 rings (SSSR count). The number of ether oxygens (including phenoxy) is 1. The van der Waals surface area contributed by atoms with Crippen molar-refractivity contribution in [2.24, 2.45) is 0 Å². The summed E-state index contributed by atoms with van der Waals surface area (Å²) in [5.74, 6) is 0.147. The molecule has 0 aliphatic rings. The molecule has 1 atom stereocenters. The van der Waals surface area contributed by atoms with Gasteiger partial charge in [-0.25, -0.2) is 4.39 Å². The van der Waals surface area contributed by atoms with Crippen molar-refractivity contribution in [2.45, 2.75) is 19.5 Å². The zero-order valence-corrected chi connectivity index (χ0v) is 14.5. The van der Waals surface area contributed by atoms with Gasteiger partial charge in [0, 0.05) is 36.0 Å². The average Bonchev–Trinajstić information content (AvgIpc) is 3.09. The Morgan fingerprint density at radius 1 is 1.28 bits per heavy atom. The van der Waals surface area contributed by atoms with Crippen molar-refractivity contribution in [3.8, 4) is 17.0 Å². The highest BCUT2D eigenvalue weighted by Gasteiger charge is 2.18. The Labute approximate surface area is 146 Å². The summed E-state index contributed by atoms with van der Waals surface area (Å²) < 4.78 is 19.5. The van der Waals surface area contributed by atoms with Gasteiger partial charge in [-0.3, -0.25) is 15.0 Å². The molecule has 0 aliphatic carbocycles. The van der Waals surface area contributed by atoms with E-state index in [1.165, 1.54) is 13.2 Å². The summed E-state index contributed by atoms with van der Waals surface area (Å²) in [6.07, 6.45) is 3.52. The standard InChI is InChI=1S/C19H21FN4O/c1-13(18-6-4-5-9-21-18)24(2)12-14-11-22-23-19(14)16-8-7-15(25-3)10-17(16)20/h4-11,13H,12H2,1-3H3,(H,22,23)/t13-/m1/s1. The maximum Gasteiger partial charge on any atom is 0.136 e. The molecule has 25 heavy (non-hydrogen) atoms. The Bertz CT molecular complexity index is 834. The number of nitrogens with zero attached hydrogens (tertiary/aromatic N) is 3. The predicted octanol–water partition coefficient (Wildman–Crippen LogP) is 3.81. The number of aromatic amines is 1. The molecule has 1 N–H and O–H groups in total. The highest BCUT2D eigenvalue weighted by molar-refractivity contribution is 5.64. The van der Waals surface area contributed by atoms with Crippen molar-refractivity contribution in [1.29, 1.82) is 0 Å². The van der Waals surface area contributed by atoms with Crippen LogP contribution in [0.4, 0.5) is 4.39 Å². The SMILES string of the molecule is COc1ccc(-c2[nH]ncc2CN(C)[C@H](C)c2ccccn2)c(F)c1. The summed E-state index contributed by atoms with van der Waals surface area (Å²) in [5, 5.41) is 7.01. The van der Waals surface area contributed by atoms with Crippen LogP contribution in [-0.2, 0) is 6.54 Å². The molecule has 0 amide bonds. The molecule has 0 unspecified atom stereocenters. The highest BCUT2D eigenvalue weighted by Crippen LogP contribution is 2.29. The second-order valence-electron chi connectivity index (χ2n) is 5.96.